The number of para-hydroxylation sites is 1. The van der Waals surface area contributed by atoms with Crippen LogP contribution in [0.2, 0.25) is 0 Å². The standard InChI is InChI=1S/C13H16N4O2/c1-3-13(2,12(18)19)9-11-14-15-16-17(11)10-7-5-4-6-8-10/h4-8H,3,9H2,1-2H3,(H,18,19). The average molecular weight is 260 g/mol. The number of carboxylic acids is 1. The SMILES string of the molecule is CCC(C)(Cc1nnnn1-c1ccccc1)C(=O)O. The summed E-state index contributed by atoms with van der Waals surface area (Å²) in [5, 5.41) is 20.8. The third-order valence-electron chi connectivity index (χ3n) is 3.38. The van der Waals surface area contributed by atoms with Gasteiger partial charge in [-0.1, -0.05) is 25.1 Å². The monoisotopic (exact) mass is 260 g/mol. The van der Waals surface area contributed by atoms with E-state index in [2.05, 4.69) is 15.5 Å². The number of nitrogens with zero attached hydrogens (tertiary/aromatic N) is 4. The van der Waals surface area contributed by atoms with Gasteiger partial charge in [0.25, 0.3) is 0 Å². The summed E-state index contributed by atoms with van der Waals surface area (Å²) in [6.07, 6.45) is 0.810. The molecular formula is C13H16N4O2. The van der Waals surface area contributed by atoms with Crippen LogP contribution >= 0.6 is 0 Å². The van der Waals surface area contributed by atoms with E-state index in [-0.39, 0.29) is 0 Å². The minimum absolute atomic E-state index is 0.292. The number of carbonyl (C=O) groups is 1. The van der Waals surface area contributed by atoms with Gasteiger partial charge in [0.2, 0.25) is 0 Å². The van der Waals surface area contributed by atoms with Gasteiger partial charge in [0.05, 0.1) is 11.1 Å². The van der Waals surface area contributed by atoms with E-state index >= 15 is 0 Å². The van der Waals surface area contributed by atoms with Gasteiger partial charge >= 0.3 is 5.97 Å². The molecule has 0 spiro atoms. The smallest absolute Gasteiger partial charge is 0.309 e. The average Bonchev–Trinajstić information content (AvgIpc) is 2.87. The van der Waals surface area contributed by atoms with Crippen LogP contribution < -0.4 is 0 Å². The number of rotatable bonds is 5. The van der Waals surface area contributed by atoms with Gasteiger partial charge in [0.1, 0.15) is 0 Å². The van der Waals surface area contributed by atoms with Crippen molar-refractivity contribution in [2.45, 2.75) is 26.7 Å². The maximum atomic E-state index is 11.3. The molecule has 0 fully saturated rings. The van der Waals surface area contributed by atoms with Crippen LogP contribution in [0.3, 0.4) is 0 Å². The second kappa shape index (κ2) is 5.17. The highest BCUT2D eigenvalue weighted by Gasteiger charge is 2.33. The van der Waals surface area contributed by atoms with E-state index in [1.165, 1.54) is 0 Å². The molecule has 0 saturated carbocycles. The maximum absolute atomic E-state index is 11.3. The van der Waals surface area contributed by atoms with Crippen LogP contribution in [0.1, 0.15) is 26.1 Å². The zero-order valence-electron chi connectivity index (χ0n) is 10.9. The van der Waals surface area contributed by atoms with Crippen molar-refractivity contribution < 1.29 is 9.90 Å². The lowest BCUT2D eigenvalue weighted by Gasteiger charge is -2.21. The van der Waals surface area contributed by atoms with Crippen LogP contribution in [0.4, 0.5) is 0 Å². The van der Waals surface area contributed by atoms with E-state index in [1.807, 2.05) is 37.3 Å². The van der Waals surface area contributed by atoms with Gasteiger partial charge in [0.15, 0.2) is 5.82 Å². The van der Waals surface area contributed by atoms with Gasteiger partial charge in [0, 0.05) is 6.42 Å². The lowest BCUT2D eigenvalue weighted by molar-refractivity contribution is -0.148. The highest BCUT2D eigenvalue weighted by Crippen LogP contribution is 2.26. The molecular weight excluding hydrogens is 244 g/mol. The normalized spacial score (nSPS) is 14.0. The molecule has 6 heteroatoms. The first-order valence-electron chi connectivity index (χ1n) is 6.13. The molecule has 0 saturated heterocycles. The van der Waals surface area contributed by atoms with Crippen molar-refractivity contribution in [3.8, 4) is 5.69 Å². The van der Waals surface area contributed by atoms with Gasteiger partial charge in [-0.05, 0) is 35.9 Å². The van der Waals surface area contributed by atoms with Crippen LogP contribution in [0, 0.1) is 5.41 Å². The number of hydrogen-bond donors (Lipinski definition) is 1. The summed E-state index contributed by atoms with van der Waals surface area (Å²) in [7, 11) is 0. The number of hydrogen-bond acceptors (Lipinski definition) is 4. The summed E-state index contributed by atoms with van der Waals surface area (Å²) in [5.41, 5.74) is -0.0346. The highest BCUT2D eigenvalue weighted by atomic mass is 16.4. The van der Waals surface area contributed by atoms with Crippen molar-refractivity contribution in [2.24, 2.45) is 5.41 Å². The fourth-order valence-electron chi connectivity index (χ4n) is 1.79. The highest BCUT2D eigenvalue weighted by molar-refractivity contribution is 5.74. The maximum Gasteiger partial charge on any atom is 0.309 e. The summed E-state index contributed by atoms with van der Waals surface area (Å²) in [6, 6.07) is 9.43. The van der Waals surface area contributed by atoms with E-state index in [4.69, 9.17) is 0 Å². The Kier molecular flexibility index (Phi) is 3.59. The second-order valence-corrected chi connectivity index (χ2v) is 4.74. The molecule has 2 aromatic rings. The van der Waals surface area contributed by atoms with Crippen molar-refractivity contribution in [3.63, 3.8) is 0 Å². The Bertz CT molecular complexity index is 567. The molecule has 6 nitrogen and oxygen atoms in total. The van der Waals surface area contributed by atoms with Gasteiger partial charge in [-0.25, -0.2) is 0 Å². The summed E-state index contributed by atoms with van der Waals surface area (Å²) in [4.78, 5) is 11.3. The summed E-state index contributed by atoms with van der Waals surface area (Å²) in [5.74, 6) is -0.282. The fraction of sp³-hybridized carbons (Fsp3) is 0.385. The predicted molar refractivity (Wildman–Crippen MR) is 68.9 cm³/mol. The number of tetrazole rings is 1. The quantitative estimate of drug-likeness (QED) is 0.885. The Hall–Kier alpha value is -2.24. The molecule has 1 heterocycles. The summed E-state index contributed by atoms with van der Waals surface area (Å²) >= 11 is 0. The Morgan fingerprint density at radius 3 is 2.63 bits per heavy atom. The van der Waals surface area contributed by atoms with E-state index in [0.717, 1.165) is 5.69 Å². The number of carboxylic acid groups (broad SMARTS) is 1. The van der Waals surface area contributed by atoms with Crippen LogP contribution in [-0.4, -0.2) is 31.3 Å². The lowest BCUT2D eigenvalue weighted by atomic mass is 9.84. The van der Waals surface area contributed by atoms with Crippen molar-refractivity contribution >= 4 is 5.97 Å². The number of aliphatic carboxylic acids is 1. The van der Waals surface area contributed by atoms with Crippen molar-refractivity contribution in [3.05, 3.63) is 36.2 Å². The van der Waals surface area contributed by atoms with E-state index < -0.39 is 11.4 Å². The molecule has 0 bridgehead atoms. The molecule has 1 atom stereocenters. The van der Waals surface area contributed by atoms with E-state index in [9.17, 15) is 9.90 Å². The van der Waals surface area contributed by atoms with Crippen LogP contribution in [-0.2, 0) is 11.2 Å². The molecule has 0 aliphatic rings. The molecule has 1 aromatic heterocycles. The molecule has 0 aliphatic carbocycles. The first-order valence-corrected chi connectivity index (χ1v) is 6.13. The van der Waals surface area contributed by atoms with Crippen molar-refractivity contribution in [2.75, 3.05) is 0 Å². The lowest BCUT2D eigenvalue weighted by Crippen LogP contribution is -2.30. The van der Waals surface area contributed by atoms with Crippen LogP contribution in [0.5, 0.6) is 0 Å². The summed E-state index contributed by atoms with van der Waals surface area (Å²) in [6.45, 7) is 3.56. The Morgan fingerprint density at radius 2 is 2.05 bits per heavy atom. The molecule has 0 amide bonds. The first kappa shape index (κ1) is 13.2. The zero-order valence-corrected chi connectivity index (χ0v) is 10.9. The fourth-order valence-corrected chi connectivity index (χ4v) is 1.79. The number of benzene rings is 1. The van der Waals surface area contributed by atoms with E-state index in [0.29, 0.717) is 18.7 Å². The van der Waals surface area contributed by atoms with Gasteiger partial charge in [-0.15, -0.1) is 5.10 Å². The third-order valence-corrected chi connectivity index (χ3v) is 3.38. The number of aromatic nitrogens is 4. The Labute approximate surface area is 111 Å². The minimum atomic E-state index is -0.860. The molecule has 0 radical (unpaired) electrons. The van der Waals surface area contributed by atoms with E-state index in [1.54, 1.807) is 11.6 Å². The molecule has 1 unspecified atom stereocenters. The van der Waals surface area contributed by atoms with Gasteiger partial charge in [-0.3, -0.25) is 4.79 Å². The second-order valence-electron chi connectivity index (χ2n) is 4.74. The Morgan fingerprint density at radius 1 is 1.37 bits per heavy atom. The van der Waals surface area contributed by atoms with Crippen molar-refractivity contribution in [1.82, 2.24) is 20.2 Å². The van der Waals surface area contributed by atoms with Gasteiger partial charge in [-0.2, -0.15) is 4.68 Å². The van der Waals surface area contributed by atoms with Crippen LogP contribution in [0.25, 0.3) is 5.69 Å². The molecule has 19 heavy (non-hydrogen) atoms. The molecule has 100 valence electrons. The predicted octanol–water partition coefficient (Wildman–Crippen LogP) is 1.71. The van der Waals surface area contributed by atoms with Gasteiger partial charge < -0.3 is 5.11 Å². The molecule has 1 N–H and O–H groups in total. The minimum Gasteiger partial charge on any atom is -0.481 e. The Balaban J connectivity index is 2.33. The first-order chi connectivity index (χ1) is 9.07. The third kappa shape index (κ3) is 2.62. The largest absolute Gasteiger partial charge is 0.481 e. The molecule has 2 rings (SSSR count). The van der Waals surface area contributed by atoms with Crippen molar-refractivity contribution in [1.29, 1.82) is 0 Å². The zero-order chi connectivity index (χ0) is 13.9. The molecule has 0 aliphatic heterocycles. The summed E-state index contributed by atoms with van der Waals surface area (Å²) < 4.78 is 1.58. The molecule has 1 aromatic carbocycles. The van der Waals surface area contributed by atoms with Crippen LogP contribution in [0.15, 0.2) is 30.3 Å². The topological polar surface area (TPSA) is 80.9 Å².